The van der Waals surface area contributed by atoms with Gasteiger partial charge in [0.05, 0.1) is 17.7 Å². The zero-order chi connectivity index (χ0) is 29.4. The van der Waals surface area contributed by atoms with Crippen molar-refractivity contribution in [3.8, 4) is 0 Å². The molecule has 0 atom stereocenters. The van der Waals surface area contributed by atoms with Crippen LogP contribution in [0.5, 0.6) is 0 Å². The Morgan fingerprint density at radius 1 is 0.791 bits per heavy atom. The molecule has 3 heterocycles. The van der Waals surface area contributed by atoms with Crippen molar-refractivity contribution in [3.05, 3.63) is 172 Å². The van der Waals surface area contributed by atoms with Gasteiger partial charge in [0.2, 0.25) is 5.78 Å². The van der Waals surface area contributed by atoms with Gasteiger partial charge in [-0.3, -0.25) is 4.79 Å². The lowest BCUT2D eigenvalue weighted by Crippen LogP contribution is -2.38. The zero-order valence-corrected chi connectivity index (χ0v) is 24.7. The van der Waals surface area contributed by atoms with Gasteiger partial charge >= 0.3 is 0 Å². The van der Waals surface area contributed by atoms with E-state index >= 15 is 0 Å². The van der Waals surface area contributed by atoms with Crippen LogP contribution in [-0.4, -0.2) is 19.7 Å². The van der Waals surface area contributed by atoms with Crippen LogP contribution in [0.1, 0.15) is 69.5 Å². The van der Waals surface area contributed by atoms with E-state index in [1.807, 2.05) is 24.7 Å². The SMILES string of the molecule is CCCc1c2c(n3ccccc13)C(=O)C(=Cc1ncn(C(c3ccccc3)(c3ccccc3)c3ccccc3)c1C)CC2. The van der Waals surface area contributed by atoms with Gasteiger partial charge in [0.15, 0.2) is 0 Å². The van der Waals surface area contributed by atoms with Crippen LogP contribution in [0.2, 0.25) is 0 Å². The quantitative estimate of drug-likeness (QED) is 0.145. The monoisotopic (exact) mass is 561 g/mol. The van der Waals surface area contributed by atoms with E-state index < -0.39 is 5.54 Å². The molecule has 1 aliphatic carbocycles. The molecule has 212 valence electrons. The number of aryl methyl sites for hydroxylation is 1. The Labute approximate surface area is 253 Å². The van der Waals surface area contributed by atoms with E-state index in [0.29, 0.717) is 6.42 Å². The molecule has 0 spiro atoms. The number of carbonyl (C=O) groups is 1. The summed E-state index contributed by atoms with van der Waals surface area (Å²) in [6.07, 6.45) is 9.63. The first-order valence-electron chi connectivity index (χ1n) is 15.2. The second-order valence-electron chi connectivity index (χ2n) is 11.4. The first-order chi connectivity index (χ1) is 21.1. The summed E-state index contributed by atoms with van der Waals surface area (Å²) in [4.78, 5) is 19.1. The number of hydrogen-bond donors (Lipinski definition) is 0. The predicted molar refractivity (Wildman–Crippen MR) is 174 cm³/mol. The van der Waals surface area contributed by atoms with E-state index in [4.69, 9.17) is 4.98 Å². The molecule has 1 aliphatic rings. The largest absolute Gasteiger partial charge is 0.316 e. The first kappa shape index (κ1) is 26.9. The second-order valence-corrected chi connectivity index (χ2v) is 11.4. The topological polar surface area (TPSA) is 39.3 Å². The second kappa shape index (κ2) is 11.0. The van der Waals surface area contributed by atoms with Crippen molar-refractivity contribution in [1.29, 1.82) is 0 Å². The number of Topliss-reactive ketones (excluding diaryl/α,β-unsaturated/α-hetero) is 1. The fraction of sp³-hybridized carbons (Fsp3) is 0.179. The summed E-state index contributed by atoms with van der Waals surface area (Å²) in [6.45, 7) is 4.32. The van der Waals surface area contributed by atoms with Gasteiger partial charge in [-0.15, -0.1) is 0 Å². The zero-order valence-electron chi connectivity index (χ0n) is 24.7. The molecule has 3 aromatic heterocycles. The number of nitrogens with zero attached hydrogens (tertiary/aromatic N) is 3. The number of benzene rings is 3. The minimum Gasteiger partial charge on any atom is -0.316 e. The van der Waals surface area contributed by atoms with Gasteiger partial charge in [-0.2, -0.15) is 0 Å². The predicted octanol–water partition coefficient (Wildman–Crippen LogP) is 8.45. The van der Waals surface area contributed by atoms with Crippen LogP contribution in [0.4, 0.5) is 0 Å². The first-order valence-corrected chi connectivity index (χ1v) is 15.2. The van der Waals surface area contributed by atoms with Crippen molar-refractivity contribution in [1.82, 2.24) is 14.0 Å². The van der Waals surface area contributed by atoms with Crippen LogP contribution in [0.15, 0.2) is 127 Å². The van der Waals surface area contributed by atoms with Gasteiger partial charge in [-0.25, -0.2) is 4.98 Å². The van der Waals surface area contributed by atoms with Gasteiger partial charge in [-0.1, -0.05) is 110 Å². The molecule has 0 saturated heterocycles. The number of rotatable bonds is 7. The molecule has 7 rings (SSSR count). The van der Waals surface area contributed by atoms with Crippen LogP contribution in [0.25, 0.3) is 11.6 Å². The third-order valence-electron chi connectivity index (χ3n) is 9.00. The Bertz CT molecular complexity index is 1850. The van der Waals surface area contributed by atoms with Gasteiger partial charge in [-0.05, 0) is 72.2 Å². The molecule has 43 heavy (non-hydrogen) atoms. The number of imidazole rings is 1. The maximum absolute atomic E-state index is 14.1. The average Bonchev–Trinajstić information content (AvgIpc) is 3.58. The minimum atomic E-state index is -0.645. The molecule has 0 radical (unpaired) electrons. The van der Waals surface area contributed by atoms with E-state index in [2.05, 4.69) is 126 Å². The lowest BCUT2D eigenvalue weighted by Gasteiger charge is -2.38. The van der Waals surface area contributed by atoms with Crippen LogP contribution >= 0.6 is 0 Å². The number of pyridine rings is 1. The lowest BCUT2D eigenvalue weighted by molar-refractivity contribution is 0.102. The summed E-state index contributed by atoms with van der Waals surface area (Å²) in [5.41, 5.74) is 9.96. The fourth-order valence-corrected chi connectivity index (χ4v) is 7.06. The number of fused-ring (bicyclic) bond motifs is 3. The average molecular weight is 562 g/mol. The van der Waals surface area contributed by atoms with Gasteiger partial charge < -0.3 is 8.97 Å². The maximum atomic E-state index is 14.1. The highest BCUT2D eigenvalue weighted by atomic mass is 16.1. The molecule has 0 amide bonds. The number of allylic oxidation sites excluding steroid dienone is 1. The van der Waals surface area contributed by atoms with Crippen LogP contribution in [0.3, 0.4) is 0 Å². The Morgan fingerprint density at radius 2 is 1.37 bits per heavy atom. The summed E-state index contributed by atoms with van der Waals surface area (Å²) >= 11 is 0. The summed E-state index contributed by atoms with van der Waals surface area (Å²) in [7, 11) is 0. The van der Waals surface area contributed by atoms with E-state index in [0.717, 1.165) is 64.1 Å². The number of carbonyl (C=O) groups excluding carboxylic acids is 1. The van der Waals surface area contributed by atoms with E-state index in [9.17, 15) is 4.79 Å². The molecule has 4 nitrogen and oxygen atoms in total. The molecule has 0 fully saturated rings. The Kier molecular flexibility index (Phi) is 6.90. The maximum Gasteiger partial charge on any atom is 0.206 e. The smallest absolute Gasteiger partial charge is 0.206 e. The minimum absolute atomic E-state index is 0.110. The highest BCUT2D eigenvalue weighted by Gasteiger charge is 2.39. The normalized spacial score (nSPS) is 14.4. The standard InChI is InChI=1S/C39H35N3O/c1-3-15-33-34-24-23-29(38(43)37(34)41-25-14-13-22-36(33)41)26-35-28(2)42(27-40-35)39(30-16-7-4-8-17-30,31-18-9-5-10-19-31)32-20-11-6-12-21-32/h4-14,16-22,25-27H,3,15,23-24H2,1-2H3. The van der Waals surface area contributed by atoms with Crippen molar-refractivity contribution in [2.45, 2.75) is 45.1 Å². The summed E-state index contributed by atoms with van der Waals surface area (Å²) in [5, 5.41) is 0. The molecular formula is C39H35N3O. The van der Waals surface area contributed by atoms with E-state index in [-0.39, 0.29) is 5.78 Å². The highest BCUT2D eigenvalue weighted by Crippen LogP contribution is 2.42. The molecule has 0 unspecified atom stereocenters. The number of hydrogen-bond acceptors (Lipinski definition) is 2. The van der Waals surface area contributed by atoms with Crippen molar-refractivity contribution >= 4 is 17.4 Å². The Hall–Kier alpha value is -4.96. The third kappa shape index (κ3) is 4.28. The van der Waals surface area contributed by atoms with Gasteiger partial charge in [0.25, 0.3) is 0 Å². The van der Waals surface area contributed by atoms with Crippen molar-refractivity contribution in [2.75, 3.05) is 0 Å². The number of ketones is 1. The van der Waals surface area contributed by atoms with Gasteiger partial charge in [0.1, 0.15) is 5.54 Å². The van der Waals surface area contributed by atoms with Crippen molar-refractivity contribution in [3.63, 3.8) is 0 Å². The molecular weight excluding hydrogens is 526 g/mol. The molecule has 0 aliphatic heterocycles. The Balaban J connectivity index is 1.40. The number of aromatic nitrogens is 3. The summed E-state index contributed by atoms with van der Waals surface area (Å²) < 4.78 is 4.39. The van der Waals surface area contributed by atoms with Crippen LogP contribution in [-0.2, 0) is 18.4 Å². The molecule has 0 bridgehead atoms. The molecule has 4 heteroatoms. The van der Waals surface area contributed by atoms with Gasteiger partial charge in [0, 0.05) is 23.0 Å². The van der Waals surface area contributed by atoms with Crippen LogP contribution in [0, 0.1) is 6.92 Å². The third-order valence-corrected chi connectivity index (χ3v) is 9.00. The van der Waals surface area contributed by atoms with E-state index in [1.54, 1.807) is 0 Å². The molecule has 0 N–H and O–H groups in total. The lowest BCUT2D eigenvalue weighted by atomic mass is 9.76. The van der Waals surface area contributed by atoms with E-state index in [1.165, 1.54) is 11.1 Å². The summed E-state index contributed by atoms with van der Waals surface area (Å²) in [6, 6.07) is 38.1. The van der Waals surface area contributed by atoms with Crippen molar-refractivity contribution in [2.24, 2.45) is 0 Å². The molecule has 3 aromatic carbocycles. The molecule has 0 saturated carbocycles. The van der Waals surface area contributed by atoms with Crippen molar-refractivity contribution < 1.29 is 4.79 Å². The summed E-state index contributed by atoms with van der Waals surface area (Å²) in [5.74, 6) is 0.110. The van der Waals surface area contributed by atoms with Crippen LogP contribution < -0.4 is 0 Å². The Morgan fingerprint density at radius 3 is 1.95 bits per heavy atom. The highest BCUT2D eigenvalue weighted by molar-refractivity contribution is 6.13. The fourth-order valence-electron chi connectivity index (χ4n) is 7.06. The molecule has 6 aromatic rings.